The summed E-state index contributed by atoms with van der Waals surface area (Å²) in [5, 5.41) is 2.99. The summed E-state index contributed by atoms with van der Waals surface area (Å²) in [5.74, 6) is 0.639. The highest BCUT2D eigenvalue weighted by molar-refractivity contribution is 5.94. The third-order valence-electron chi connectivity index (χ3n) is 3.46. The molecule has 0 aliphatic carbocycles. The van der Waals surface area contributed by atoms with Crippen molar-refractivity contribution in [3.05, 3.63) is 65.7 Å². The summed E-state index contributed by atoms with van der Waals surface area (Å²) >= 11 is 0. The summed E-state index contributed by atoms with van der Waals surface area (Å²) in [6.07, 6.45) is 0. The number of hydrogen-bond donors (Lipinski definition) is 1. The van der Waals surface area contributed by atoms with Gasteiger partial charge in [0.2, 0.25) is 0 Å². The van der Waals surface area contributed by atoms with Crippen LogP contribution in [-0.2, 0) is 4.74 Å². The van der Waals surface area contributed by atoms with E-state index in [9.17, 15) is 4.79 Å². The van der Waals surface area contributed by atoms with Gasteiger partial charge in [-0.25, -0.2) is 0 Å². The molecule has 2 aromatic rings. The monoisotopic (exact) mass is 313 g/mol. The van der Waals surface area contributed by atoms with Crippen LogP contribution in [0.2, 0.25) is 0 Å². The number of carbonyl (C=O) groups is 1. The van der Waals surface area contributed by atoms with Crippen LogP contribution in [0, 0.1) is 0 Å². The van der Waals surface area contributed by atoms with E-state index in [1.807, 2.05) is 44.2 Å². The van der Waals surface area contributed by atoms with Crippen LogP contribution in [0.5, 0.6) is 5.75 Å². The van der Waals surface area contributed by atoms with E-state index in [1.165, 1.54) is 0 Å². The third kappa shape index (κ3) is 5.42. The fourth-order valence-electron chi connectivity index (χ4n) is 2.17. The summed E-state index contributed by atoms with van der Waals surface area (Å²) in [4.78, 5) is 12.3. The van der Waals surface area contributed by atoms with Crippen molar-refractivity contribution in [1.29, 1.82) is 0 Å². The number of hydrogen-bond acceptors (Lipinski definition) is 3. The lowest BCUT2D eigenvalue weighted by atomic mass is 10.1. The van der Waals surface area contributed by atoms with E-state index in [2.05, 4.69) is 5.32 Å². The van der Waals surface area contributed by atoms with Crippen LogP contribution in [0.4, 0.5) is 0 Å². The quantitative estimate of drug-likeness (QED) is 0.758. The minimum absolute atomic E-state index is 0.0363. The molecule has 0 radical (unpaired) electrons. The van der Waals surface area contributed by atoms with E-state index >= 15 is 0 Å². The Balaban J connectivity index is 1.87. The van der Waals surface area contributed by atoms with Gasteiger partial charge in [-0.2, -0.15) is 0 Å². The average Bonchev–Trinajstić information content (AvgIpc) is 2.60. The third-order valence-corrected chi connectivity index (χ3v) is 3.46. The van der Waals surface area contributed by atoms with Crippen LogP contribution in [0.1, 0.15) is 35.8 Å². The van der Waals surface area contributed by atoms with E-state index in [1.54, 1.807) is 24.3 Å². The lowest BCUT2D eigenvalue weighted by molar-refractivity contribution is 0.0939. The molecule has 1 unspecified atom stereocenters. The lowest BCUT2D eigenvalue weighted by Gasteiger charge is -2.14. The molecule has 0 heterocycles. The van der Waals surface area contributed by atoms with Crippen molar-refractivity contribution in [2.45, 2.75) is 19.9 Å². The van der Waals surface area contributed by atoms with Crippen molar-refractivity contribution in [3.8, 4) is 5.75 Å². The van der Waals surface area contributed by atoms with E-state index in [4.69, 9.17) is 9.47 Å². The maximum Gasteiger partial charge on any atom is 0.251 e. The van der Waals surface area contributed by atoms with Crippen molar-refractivity contribution in [1.82, 2.24) is 5.32 Å². The number of carbonyl (C=O) groups excluding carboxylic acids is 1. The van der Waals surface area contributed by atoms with Crippen LogP contribution < -0.4 is 10.1 Å². The van der Waals surface area contributed by atoms with Gasteiger partial charge in [0, 0.05) is 12.2 Å². The Hall–Kier alpha value is -2.33. The molecule has 2 rings (SSSR count). The topological polar surface area (TPSA) is 47.6 Å². The number of amides is 1. The van der Waals surface area contributed by atoms with Gasteiger partial charge in [-0.3, -0.25) is 4.79 Å². The van der Waals surface area contributed by atoms with Gasteiger partial charge >= 0.3 is 0 Å². The summed E-state index contributed by atoms with van der Waals surface area (Å²) in [6.45, 7) is 5.67. The normalized spacial score (nSPS) is 11.7. The zero-order chi connectivity index (χ0) is 16.5. The minimum atomic E-state index is -0.0952. The predicted octanol–water partition coefficient (Wildman–Crippen LogP) is 3.59. The second-order valence-corrected chi connectivity index (χ2v) is 5.18. The second kappa shape index (κ2) is 8.96. The van der Waals surface area contributed by atoms with E-state index < -0.39 is 0 Å². The minimum Gasteiger partial charge on any atom is -0.491 e. The zero-order valence-corrected chi connectivity index (χ0v) is 13.6. The average molecular weight is 313 g/mol. The van der Waals surface area contributed by atoms with Gasteiger partial charge in [0.25, 0.3) is 5.91 Å². The number of benzene rings is 2. The van der Waals surface area contributed by atoms with Gasteiger partial charge in [-0.05, 0) is 43.7 Å². The molecule has 1 N–H and O–H groups in total. The smallest absolute Gasteiger partial charge is 0.251 e. The maximum atomic E-state index is 12.3. The number of rotatable bonds is 8. The maximum absolute atomic E-state index is 12.3. The Morgan fingerprint density at radius 1 is 1.04 bits per heavy atom. The Morgan fingerprint density at radius 3 is 2.39 bits per heavy atom. The largest absolute Gasteiger partial charge is 0.491 e. The Morgan fingerprint density at radius 2 is 1.74 bits per heavy atom. The molecule has 2 aromatic carbocycles. The predicted molar refractivity (Wildman–Crippen MR) is 90.8 cm³/mol. The van der Waals surface area contributed by atoms with Crippen LogP contribution in [0.25, 0.3) is 0 Å². The molecule has 0 aliphatic rings. The molecule has 0 aromatic heterocycles. The summed E-state index contributed by atoms with van der Waals surface area (Å²) in [6, 6.07) is 17.0. The summed E-state index contributed by atoms with van der Waals surface area (Å²) in [7, 11) is 0. The summed E-state index contributed by atoms with van der Waals surface area (Å²) in [5.41, 5.74) is 1.70. The van der Waals surface area contributed by atoms with Crippen molar-refractivity contribution < 1.29 is 14.3 Å². The van der Waals surface area contributed by atoms with Crippen molar-refractivity contribution >= 4 is 5.91 Å². The number of ether oxygens (including phenoxy) is 2. The van der Waals surface area contributed by atoms with E-state index in [0.717, 1.165) is 11.3 Å². The second-order valence-electron chi connectivity index (χ2n) is 5.18. The lowest BCUT2D eigenvalue weighted by Crippen LogP contribution is -2.26. The molecular formula is C19H23NO3. The molecule has 0 saturated heterocycles. The van der Waals surface area contributed by atoms with Gasteiger partial charge in [0.1, 0.15) is 12.4 Å². The number of nitrogens with one attached hydrogen (secondary N) is 1. The molecule has 0 aliphatic heterocycles. The van der Waals surface area contributed by atoms with Crippen LogP contribution in [0.3, 0.4) is 0 Å². The zero-order valence-electron chi connectivity index (χ0n) is 13.6. The molecular weight excluding hydrogens is 290 g/mol. The molecule has 122 valence electrons. The molecule has 4 nitrogen and oxygen atoms in total. The van der Waals surface area contributed by atoms with Gasteiger partial charge in [0.15, 0.2) is 0 Å². The van der Waals surface area contributed by atoms with Crippen LogP contribution in [0.15, 0.2) is 54.6 Å². The highest BCUT2D eigenvalue weighted by Crippen LogP contribution is 2.15. The van der Waals surface area contributed by atoms with Crippen molar-refractivity contribution in [2.75, 3.05) is 19.8 Å². The molecule has 1 amide bonds. The molecule has 23 heavy (non-hydrogen) atoms. The first kappa shape index (κ1) is 17.0. The Bertz CT molecular complexity index is 596. The molecule has 0 saturated carbocycles. The first-order valence-corrected chi connectivity index (χ1v) is 7.87. The SMILES string of the molecule is CCOCCOc1ccc(C(=O)NC(C)c2ccccc2)cc1. The molecule has 0 bridgehead atoms. The standard InChI is InChI=1S/C19H23NO3/c1-3-22-13-14-23-18-11-9-17(10-12-18)19(21)20-15(2)16-7-5-4-6-8-16/h4-12,15H,3,13-14H2,1-2H3,(H,20,21). The van der Waals surface area contributed by atoms with Gasteiger partial charge in [-0.15, -0.1) is 0 Å². The molecule has 4 heteroatoms. The fourth-order valence-corrected chi connectivity index (χ4v) is 2.17. The highest BCUT2D eigenvalue weighted by atomic mass is 16.5. The van der Waals surface area contributed by atoms with Crippen LogP contribution >= 0.6 is 0 Å². The highest BCUT2D eigenvalue weighted by Gasteiger charge is 2.11. The van der Waals surface area contributed by atoms with Gasteiger partial charge < -0.3 is 14.8 Å². The van der Waals surface area contributed by atoms with Crippen LogP contribution in [-0.4, -0.2) is 25.7 Å². The first-order valence-electron chi connectivity index (χ1n) is 7.87. The van der Waals surface area contributed by atoms with E-state index in [0.29, 0.717) is 25.4 Å². The summed E-state index contributed by atoms with van der Waals surface area (Å²) < 4.78 is 10.8. The van der Waals surface area contributed by atoms with Gasteiger partial charge in [-0.1, -0.05) is 30.3 Å². The van der Waals surface area contributed by atoms with Crippen molar-refractivity contribution in [2.24, 2.45) is 0 Å². The Labute approximate surface area is 137 Å². The molecule has 1 atom stereocenters. The van der Waals surface area contributed by atoms with Gasteiger partial charge in [0.05, 0.1) is 12.6 Å². The van der Waals surface area contributed by atoms with Crippen molar-refractivity contribution in [3.63, 3.8) is 0 Å². The first-order chi connectivity index (χ1) is 11.2. The Kier molecular flexibility index (Phi) is 6.63. The van der Waals surface area contributed by atoms with E-state index in [-0.39, 0.29) is 11.9 Å². The molecule has 0 fully saturated rings. The fraction of sp³-hybridized carbons (Fsp3) is 0.316. The molecule has 0 spiro atoms.